The maximum absolute atomic E-state index is 12.7. The van der Waals surface area contributed by atoms with E-state index in [9.17, 15) is 9.59 Å². The fourth-order valence-electron chi connectivity index (χ4n) is 2.61. The summed E-state index contributed by atoms with van der Waals surface area (Å²) in [6.07, 6.45) is 0.685. The molecule has 0 spiro atoms. The highest BCUT2D eigenvalue weighted by Gasteiger charge is 2.19. The van der Waals surface area contributed by atoms with Crippen LogP contribution in [0, 0.1) is 6.92 Å². The average Bonchev–Trinajstić information content (AvgIpc) is 3.00. The lowest BCUT2D eigenvalue weighted by molar-refractivity contribution is -0.116. The fraction of sp³-hybridized carbons (Fsp3) is 0.250. The first-order valence-electron chi connectivity index (χ1n) is 8.67. The molecule has 5 nitrogen and oxygen atoms in total. The molecule has 0 fully saturated rings. The number of rotatable bonds is 6. The van der Waals surface area contributed by atoms with Gasteiger partial charge in [-0.1, -0.05) is 30.4 Å². The van der Waals surface area contributed by atoms with Crippen molar-refractivity contribution in [2.75, 3.05) is 10.6 Å². The normalized spacial score (nSPS) is 12.0. The van der Waals surface area contributed by atoms with Crippen molar-refractivity contribution >= 4 is 55.9 Å². The van der Waals surface area contributed by atoms with Gasteiger partial charge in [-0.15, -0.1) is 11.8 Å². The zero-order valence-electron chi connectivity index (χ0n) is 15.4. The molecule has 2 N–H and O–H groups in total. The molecular weight excluding hydrogens is 378 g/mol. The second-order valence-corrected chi connectivity index (χ2v) is 8.51. The van der Waals surface area contributed by atoms with Crippen molar-refractivity contribution in [3.8, 4) is 0 Å². The van der Waals surface area contributed by atoms with Crippen LogP contribution in [-0.2, 0) is 9.59 Å². The van der Waals surface area contributed by atoms with E-state index in [1.165, 1.54) is 35.6 Å². The predicted molar refractivity (Wildman–Crippen MR) is 114 cm³/mol. The number of aromatic nitrogens is 1. The second kappa shape index (κ2) is 8.54. The number of carbonyl (C=O) groups excluding carboxylic acids is 2. The summed E-state index contributed by atoms with van der Waals surface area (Å²) < 4.78 is 1.06. The first-order valence-corrected chi connectivity index (χ1v) is 10.4. The number of hydrogen-bond donors (Lipinski definition) is 2. The number of thiazole rings is 1. The molecule has 2 amide bonds. The van der Waals surface area contributed by atoms with Crippen LogP contribution in [0.3, 0.4) is 0 Å². The molecule has 1 heterocycles. The van der Waals surface area contributed by atoms with Gasteiger partial charge in [-0.2, -0.15) is 0 Å². The van der Waals surface area contributed by atoms with E-state index in [-0.39, 0.29) is 17.1 Å². The Morgan fingerprint density at radius 2 is 2.00 bits per heavy atom. The average molecular weight is 400 g/mol. The van der Waals surface area contributed by atoms with Crippen molar-refractivity contribution < 1.29 is 9.59 Å². The molecule has 3 aromatic rings. The zero-order valence-corrected chi connectivity index (χ0v) is 17.0. The number of amides is 2. The van der Waals surface area contributed by atoms with E-state index < -0.39 is 0 Å². The monoisotopic (exact) mass is 399 g/mol. The molecule has 1 unspecified atom stereocenters. The van der Waals surface area contributed by atoms with Gasteiger partial charge in [0.25, 0.3) is 0 Å². The van der Waals surface area contributed by atoms with Crippen molar-refractivity contribution in [3.63, 3.8) is 0 Å². The van der Waals surface area contributed by atoms with Crippen molar-refractivity contribution in [1.29, 1.82) is 0 Å². The van der Waals surface area contributed by atoms with E-state index in [1.807, 2.05) is 50.2 Å². The number of carbonyl (C=O) groups is 2. The Kier molecular flexibility index (Phi) is 6.13. The molecule has 140 valence electrons. The van der Waals surface area contributed by atoms with Gasteiger partial charge in [0.1, 0.15) is 0 Å². The summed E-state index contributed by atoms with van der Waals surface area (Å²) in [5.74, 6) is -0.184. The Labute approximate surface area is 166 Å². The highest BCUT2D eigenvalue weighted by molar-refractivity contribution is 8.00. The van der Waals surface area contributed by atoms with Crippen LogP contribution in [0.5, 0.6) is 0 Å². The van der Waals surface area contributed by atoms with Crippen LogP contribution >= 0.6 is 23.1 Å². The Morgan fingerprint density at radius 1 is 1.19 bits per heavy atom. The topological polar surface area (TPSA) is 71.1 Å². The van der Waals surface area contributed by atoms with Gasteiger partial charge in [-0.3, -0.25) is 9.59 Å². The number of fused-ring (bicyclic) bond motifs is 1. The van der Waals surface area contributed by atoms with Crippen molar-refractivity contribution in [3.05, 3.63) is 48.0 Å². The lowest BCUT2D eigenvalue weighted by atomic mass is 10.2. The molecule has 1 aromatic heterocycles. The van der Waals surface area contributed by atoms with Crippen LogP contribution in [0.25, 0.3) is 10.2 Å². The molecule has 0 aliphatic rings. The maximum atomic E-state index is 12.7. The van der Waals surface area contributed by atoms with Gasteiger partial charge in [0, 0.05) is 17.5 Å². The number of nitrogens with one attached hydrogen (secondary N) is 2. The number of aryl methyl sites for hydroxylation is 1. The first kappa shape index (κ1) is 19.4. The zero-order chi connectivity index (χ0) is 19.4. The third-order valence-electron chi connectivity index (χ3n) is 3.87. The van der Waals surface area contributed by atoms with Crippen LogP contribution in [0.15, 0.2) is 47.4 Å². The minimum Gasteiger partial charge on any atom is -0.326 e. The summed E-state index contributed by atoms with van der Waals surface area (Å²) >= 11 is 2.96. The van der Waals surface area contributed by atoms with E-state index in [1.54, 1.807) is 0 Å². The molecule has 0 saturated carbocycles. The molecule has 2 aromatic carbocycles. The number of benzene rings is 2. The molecule has 0 aliphatic heterocycles. The van der Waals surface area contributed by atoms with Crippen molar-refractivity contribution in [2.45, 2.75) is 37.3 Å². The van der Waals surface area contributed by atoms with E-state index >= 15 is 0 Å². The Hall–Kier alpha value is -2.38. The predicted octanol–water partition coefficient (Wildman–Crippen LogP) is 5.07. The molecule has 0 bridgehead atoms. The highest BCUT2D eigenvalue weighted by Crippen LogP contribution is 2.30. The SMILES string of the molecule is CCC(Sc1cccc(NC(C)=O)c1)C(=O)Nc1nc2ccc(C)cc2s1. The molecule has 1 atom stereocenters. The van der Waals surface area contributed by atoms with Crippen LogP contribution < -0.4 is 10.6 Å². The largest absolute Gasteiger partial charge is 0.326 e. The quantitative estimate of drug-likeness (QED) is 0.568. The van der Waals surface area contributed by atoms with Crippen LogP contribution in [0.1, 0.15) is 25.8 Å². The van der Waals surface area contributed by atoms with Gasteiger partial charge in [0.05, 0.1) is 15.5 Å². The number of nitrogens with zero attached hydrogens (tertiary/aromatic N) is 1. The summed E-state index contributed by atoms with van der Waals surface area (Å²) in [6, 6.07) is 13.6. The van der Waals surface area contributed by atoms with Gasteiger partial charge in [-0.25, -0.2) is 4.98 Å². The smallest absolute Gasteiger partial charge is 0.239 e. The Bertz CT molecular complexity index is 984. The number of thioether (sulfide) groups is 1. The van der Waals surface area contributed by atoms with Gasteiger partial charge in [0.2, 0.25) is 11.8 Å². The summed E-state index contributed by atoms with van der Waals surface area (Å²) in [5, 5.41) is 6.08. The fourth-order valence-corrected chi connectivity index (χ4v) is 4.59. The summed E-state index contributed by atoms with van der Waals surface area (Å²) in [6.45, 7) is 5.49. The highest BCUT2D eigenvalue weighted by atomic mass is 32.2. The molecule has 0 radical (unpaired) electrons. The maximum Gasteiger partial charge on any atom is 0.239 e. The van der Waals surface area contributed by atoms with Gasteiger partial charge < -0.3 is 10.6 Å². The minimum atomic E-state index is -0.244. The molecule has 0 aliphatic carbocycles. The minimum absolute atomic E-state index is 0.0665. The Balaban J connectivity index is 1.70. The molecular formula is C20H21N3O2S2. The molecule has 0 saturated heterocycles. The molecule has 7 heteroatoms. The van der Waals surface area contributed by atoms with Crippen LogP contribution in [0.2, 0.25) is 0 Å². The summed E-state index contributed by atoms with van der Waals surface area (Å²) in [5.41, 5.74) is 2.79. The van der Waals surface area contributed by atoms with Crippen molar-refractivity contribution in [2.24, 2.45) is 0 Å². The van der Waals surface area contributed by atoms with Crippen molar-refractivity contribution in [1.82, 2.24) is 4.98 Å². The number of hydrogen-bond acceptors (Lipinski definition) is 5. The second-order valence-electron chi connectivity index (χ2n) is 6.20. The lowest BCUT2D eigenvalue weighted by Gasteiger charge is -2.14. The van der Waals surface area contributed by atoms with E-state index in [2.05, 4.69) is 21.7 Å². The van der Waals surface area contributed by atoms with E-state index in [4.69, 9.17) is 0 Å². The Morgan fingerprint density at radius 3 is 2.74 bits per heavy atom. The van der Waals surface area contributed by atoms with Crippen LogP contribution in [0.4, 0.5) is 10.8 Å². The standard InChI is InChI=1S/C20H21N3O2S2/c1-4-17(26-15-7-5-6-14(11-15)21-13(3)24)19(25)23-20-22-16-9-8-12(2)10-18(16)27-20/h5-11,17H,4H2,1-3H3,(H,21,24)(H,22,23,25). The van der Waals surface area contributed by atoms with Gasteiger partial charge >= 0.3 is 0 Å². The summed E-state index contributed by atoms with van der Waals surface area (Å²) in [7, 11) is 0. The lowest BCUT2D eigenvalue weighted by Crippen LogP contribution is -2.24. The summed E-state index contributed by atoms with van der Waals surface area (Å²) in [4.78, 5) is 29.4. The van der Waals surface area contributed by atoms with E-state index in [0.717, 1.165) is 20.8 Å². The number of anilines is 2. The molecule has 3 rings (SSSR count). The molecule has 27 heavy (non-hydrogen) atoms. The van der Waals surface area contributed by atoms with Crippen LogP contribution in [-0.4, -0.2) is 22.0 Å². The third kappa shape index (κ3) is 5.08. The van der Waals surface area contributed by atoms with Gasteiger partial charge in [-0.05, 0) is 49.2 Å². The van der Waals surface area contributed by atoms with Gasteiger partial charge in [0.15, 0.2) is 5.13 Å². The first-order chi connectivity index (χ1) is 12.9. The third-order valence-corrected chi connectivity index (χ3v) is 6.16. The van der Waals surface area contributed by atoms with E-state index in [0.29, 0.717) is 11.6 Å².